The molecule has 0 aromatic carbocycles. The first kappa shape index (κ1) is 11.1. The summed E-state index contributed by atoms with van der Waals surface area (Å²) in [6.45, 7) is 8.35. The molecule has 0 aromatic rings. The van der Waals surface area contributed by atoms with Crippen molar-refractivity contribution in [2.24, 2.45) is 5.41 Å². The molecule has 0 amide bonds. The third-order valence-electron chi connectivity index (χ3n) is 2.23. The van der Waals surface area contributed by atoms with Gasteiger partial charge in [0, 0.05) is 0 Å². The third-order valence-corrected chi connectivity index (χ3v) is 2.23. The molecule has 0 radical (unpaired) electrons. The number of terminal acetylenes is 1. The molecule has 0 heteroatoms. The second-order valence-electron chi connectivity index (χ2n) is 3.34. The van der Waals surface area contributed by atoms with Gasteiger partial charge in [-0.15, -0.1) is 12.2 Å². The van der Waals surface area contributed by atoms with E-state index in [0.29, 0.717) is 0 Å². The summed E-state index contributed by atoms with van der Waals surface area (Å²) in [5, 5.41) is 0. The van der Waals surface area contributed by atoms with Crippen molar-refractivity contribution in [3.8, 4) is 12.3 Å². The van der Waals surface area contributed by atoms with Gasteiger partial charge in [0.25, 0.3) is 0 Å². The summed E-state index contributed by atoms with van der Waals surface area (Å²) in [6, 6.07) is 0. The van der Waals surface area contributed by atoms with E-state index in [1.54, 1.807) is 0 Å². The van der Waals surface area contributed by atoms with Crippen molar-refractivity contribution >= 4 is 0 Å². The van der Waals surface area contributed by atoms with E-state index in [1.165, 1.54) is 5.57 Å². The van der Waals surface area contributed by atoms with E-state index in [1.807, 2.05) is 6.08 Å². The van der Waals surface area contributed by atoms with Gasteiger partial charge in [-0.3, -0.25) is 0 Å². The Morgan fingerprint density at radius 1 is 1.50 bits per heavy atom. The highest BCUT2D eigenvalue weighted by molar-refractivity contribution is 5.15. The lowest BCUT2D eigenvalue weighted by Gasteiger charge is -2.14. The van der Waals surface area contributed by atoms with Gasteiger partial charge in [-0.25, -0.2) is 0 Å². The number of hydrogen-bond acceptors (Lipinski definition) is 0. The minimum Gasteiger partial charge on any atom is -0.125 e. The maximum atomic E-state index is 5.41. The smallest absolute Gasteiger partial charge is 0.0533 e. The molecule has 0 aromatic heterocycles. The highest BCUT2D eigenvalue weighted by atomic mass is 14.1. The zero-order chi connectivity index (χ0) is 9.61. The van der Waals surface area contributed by atoms with E-state index >= 15 is 0 Å². The van der Waals surface area contributed by atoms with Crippen molar-refractivity contribution in [2.75, 3.05) is 0 Å². The Morgan fingerprint density at radius 3 is 2.42 bits per heavy atom. The number of rotatable bonds is 3. The van der Waals surface area contributed by atoms with Crippen LogP contribution in [0.15, 0.2) is 17.4 Å². The third kappa shape index (κ3) is 3.46. The Labute approximate surface area is 76.4 Å². The molecule has 1 atom stereocenters. The minimum absolute atomic E-state index is 0.115. The number of hydrogen-bond donors (Lipinski definition) is 0. The van der Waals surface area contributed by atoms with E-state index in [9.17, 15) is 0 Å². The second kappa shape index (κ2) is 4.86. The minimum atomic E-state index is -0.115. The Bertz CT molecular complexity index is 233. The van der Waals surface area contributed by atoms with Gasteiger partial charge >= 0.3 is 0 Å². The molecule has 0 rings (SSSR count). The van der Waals surface area contributed by atoms with Crippen LogP contribution in [0.5, 0.6) is 0 Å². The van der Waals surface area contributed by atoms with Crippen LogP contribution in [0.1, 0.15) is 40.5 Å². The fourth-order valence-corrected chi connectivity index (χ4v) is 0.630. The van der Waals surface area contributed by atoms with E-state index in [2.05, 4.69) is 39.3 Å². The molecule has 66 valence electrons. The summed E-state index contributed by atoms with van der Waals surface area (Å²) >= 11 is 0. The van der Waals surface area contributed by atoms with Gasteiger partial charge in [0.2, 0.25) is 0 Å². The van der Waals surface area contributed by atoms with Crippen molar-refractivity contribution in [3.63, 3.8) is 0 Å². The lowest BCUT2D eigenvalue weighted by Crippen LogP contribution is -2.06. The predicted octanol–water partition coefficient (Wildman–Crippen LogP) is 3.55. The Kier molecular flexibility index (Phi) is 4.49. The Hall–Kier alpha value is -0.920. The summed E-state index contributed by atoms with van der Waals surface area (Å²) in [7, 11) is 0. The van der Waals surface area contributed by atoms with E-state index in [-0.39, 0.29) is 5.41 Å². The Balaban J connectivity index is 4.64. The van der Waals surface area contributed by atoms with Crippen LogP contribution in [0, 0.1) is 17.8 Å². The van der Waals surface area contributed by atoms with Crippen LogP contribution < -0.4 is 0 Å². The normalized spacial score (nSPS) is 13.9. The number of allylic oxidation sites excluding steroid dienone is 1. The molecule has 0 fully saturated rings. The van der Waals surface area contributed by atoms with E-state index in [0.717, 1.165) is 12.8 Å². The molecule has 0 aliphatic heterocycles. The average molecular weight is 162 g/mol. The largest absolute Gasteiger partial charge is 0.125 e. The summed E-state index contributed by atoms with van der Waals surface area (Å²) in [5.74, 6) is 2.78. The van der Waals surface area contributed by atoms with Crippen LogP contribution >= 0.6 is 0 Å². The van der Waals surface area contributed by atoms with Crippen LogP contribution in [0.25, 0.3) is 0 Å². The standard InChI is InChI=1S/C12H18/c1-6-11(4)9-10-12(5,7-2)8-3/h2,10H,6,8H2,1,3-5H3. The maximum absolute atomic E-state index is 5.41. The van der Waals surface area contributed by atoms with Crippen molar-refractivity contribution in [3.05, 3.63) is 17.4 Å². The SMILES string of the molecule is C#CC(C)(C=C=C(C)CC)CC. The van der Waals surface area contributed by atoms with Gasteiger partial charge in [0.15, 0.2) is 0 Å². The molecule has 1 unspecified atom stereocenters. The molecule has 0 aliphatic carbocycles. The van der Waals surface area contributed by atoms with Gasteiger partial charge in [-0.05, 0) is 38.3 Å². The zero-order valence-electron chi connectivity index (χ0n) is 8.57. The van der Waals surface area contributed by atoms with E-state index < -0.39 is 0 Å². The molecule has 0 heterocycles. The molecular weight excluding hydrogens is 144 g/mol. The second-order valence-corrected chi connectivity index (χ2v) is 3.34. The molecule has 12 heavy (non-hydrogen) atoms. The lowest BCUT2D eigenvalue weighted by molar-refractivity contribution is 0.555. The van der Waals surface area contributed by atoms with Crippen molar-refractivity contribution in [1.82, 2.24) is 0 Å². The van der Waals surface area contributed by atoms with Crippen molar-refractivity contribution < 1.29 is 0 Å². The van der Waals surface area contributed by atoms with Gasteiger partial charge in [-0.2, -0.15) is 0 Å². The quantitative estimate of drug-likeness (QED) is 0.440. The molecule has 0 N–H and O–H groups in total. The monoisotopic (exact) mass is 162 g/mol. The lowest BCUT2D eigenvalue weighted by atomic mass is 9.88. The molecule has 0 bridgehead atoms. The summed E-state index contributed by atoms with van der Waals surface area (Å²) in [6.07, 6.45) is 9.43. The van der Waals surface area contributed by atoms with Crippen molar-refractivity contribution in [2.45, 2.75) is 40.5 Å². The first-order chi connectivity index (χ1) is 5.58. The predicted molar refractivity (Wildman–Crippen MR) is 54.8 cm³/mol. The molecule has 0 saturated heterocycles. The first-order valence-electron chi connectivity index (χ1n) is 4.49. The summed E-state index contributed by atoms with van der Waals surface area (Å²) in [4.78, 5) is 0. The van der Waals surface area contributed by atoms with Gasteiger partial charge in [-0.1, -0.05) is 19.8 Å². The van der Waals surface area contributed by atoms with Gasteiger partial charge in [0.1, 0.15) is 0 Å². The fraction of sp³-hybridized carbons (Fsp3) is 0.583. The molecule has 0 saturated carbocycles. The highest BCUT2D eigenvalue weighted by Gasteiger charge is 2.13. The van der Waals surface area contributed by atoms with Crippen LogP contribution in [-0.2, 0) is 0 Å². The molecular formula is C12H18. The fourth-order valence-electron chi connectivity index (χ4n) is 0.630. The van der Waals surface area contributed by atoms with Crippen molar-refractivity contribution in [1.29, 1.82) is 0 Å². The van der Waals surface area contributed by atoms with Gasteiger partial charge in [0.05, 0.1) is 5.41 Å². The van der Waals surface area contributed by atoms with Gasteiger partial charge < -0.3 is 0 Å². The average Bonchev–Trinajstić information content (AvgIpc) is 2.13. The maximum Gasteiger partial charge on any atom is 0.0533 e. The van der Waals surface area contributed by atoms with Crippen LogP contribution in [0.4, 0.5) is 0 Å². The topological polar surface area (TPSA) is 0 Å². The Morgan fingerprint density at radius 2 is 2.08 bits per heavy atom. The molecule has 0 nitrogen and oxygen atoms in total. The summed E-state index contributed by atoms with van der Waals surface area (Å²) < 4.78 is 0. The summed E-state index contributed by atoms with van der Waals surface area (Å²) in [5.41, 5.74) is 4.36. The molecule has 0 spiro atoms. The van der Waals surface area contributed by atoms with Crippen LogP contribution in [0.3, 0.4) is 0 Å². The van der Waals surface area contributed by atoms with E-state index in [4.69, 9.17) is 6.42 Å². The van der Waals surface area contributed by atoms with Crippen LogP contribution in [0.2, 0.25) is 0 Å². The molecule has 0 aliphatic rings. The highest BCUT2D eigenvalue weighted by Crippen LogP contribution is 2.20. The zero-order valence-corrected chi connectivity index (χ0v) is 8.57. The first-order valence-corrected chi connectivity index (χ1v) is 4.49. The van der Waals surface area contributed by atoms with Crippen LogP contribution in [-0.4, -0.2) is 0 Å².